The van der Waals surface area contributed by atoms with Gasteiger partial charge >= 0.3 is 0 Å². The number of benzene rings is 2. The van der Waals surface area contributed by atoms with Gasteiger partial charge in [0, 0.05) is 31.7 Å². The molecule has 1 aliphatic heterocycles. The second-order valence-corrected chi connectivity index (χ2v) is 7.71. The Morgan fingerprint density at radius 1 is 1.10 bits per heavy atom. The molecule has 2 aromatic carbocycles. The average molecular weight is 397 g/mol. The van der Waals surface area contributed by atoms with Crippen molar-refractivity contribution in [1.29, 1.82) is 0 Å². The monoisotopic (exact) mass is 396 g/mol. The van der Waals surface area contributed by atoms with Gasteiger partial charge in [-0.25, -0.2) is 0 Å². The Labute approximate surface area is 174 Å². The zero-order valence-corrected chi connectivity index (χ0v) is 17.6. The quantitative estimate of drug-likeness (QED) is 0.641. The van der Waals surface area contributed by atoms with Crippen LogP contribution in [-0.2, 0) is 16.1 Å². The first-order valence-electron chi connectivity index (χ1n) is 10.5. The molecule has 1 N–H and O–H groups in total. The number of rotatable bonds is 9. The molecule has 2 aromatic rings. The number of nitrogens with one attached hydrogen (secondary N) is 1. The maximum Gasteiger partial charge on any atom is 0.224 e. The molecular weight excluding hydrogens is 364 g/mol. The van der Waals surface area contributed by atoms with E-state index < -0.39 is 0 Å². The van der Waals surface area contributed by atoms with Gasteiger partial charge in [0.05, 0.1) is 19.8 Å². The minimum Gasteiger partial charge on any atom is -0.493 e. The molecule has 1 saturated heterocycles. The van der Waals surface area contributed by atoms with E-state index in [0.29, 0.717) is 13.0 Å². The number of hydrogen-bond acceptors (Lipinski definition) is 4. The fraction of sp³-hybridized carbons (Fsp3) is 0.458. The largest absolute Gasteiger partial charge is 0.493 e. The molecule has 1 aliphatic rings. The molecule has 5 heteroatoms. The van der Waals surface area contributed by atoms with Crippen molar-refractivity contribution in [3.8, 4) is 5.75 Å². The van der Waals surface area contributed by atoms with Crippen LogP contribution in [0.15, 0.2) is 42.5 Å². The Balaban J connectivity index is 1.37. The van der Waals surface area contributed by atoms with E-state index in [-0.39, 0.29) is 5.91 Å². The van der Waals surface area contributed by atoms with Crippen LogP contribution in [0.5, 0.6) is 5.75 Å². The summed E-state index contributed by atoms with van der Waals surface area (Å²) in [6.07, 6.45) is 2.17. The predicted octanol–water partition coefficient (Wildman–Crippen LogP) is 4.32. The highest BCUT2D eigenvalue weighted by atomic mass is 16.5. The zero-order chi connectivity index (χ0) is 20.5. The van der Waals surface area contributed by atoms with Crippen molar-refractivity contribution in [1.82, 2.24) is 4.90 Å². The summed E-state index contributed by atoms with van der Waals surface area (Å²) in [6, 6.07) is 14.3. The highest BCUT2D eigenvalue weighted by Gasteiger charge is 2.11. The minimum atomic E-state index is 0.0558. The summed E-state index contributed by atoms with van der Waals surface area (Å²) < 4.78 is 11.3. The van der Waals surface area contributed by atoms with Gasteiger partial charge in [0.1, 0.15) is 5.75 Å². The average Bonchev–Trinajstić information content (AvgIpc) is 2.71. The van der Waals surface area contributed by atoms with Gasteiger partial charge in [0.2, 0.25) is 5.91 Å². The third-order valence-electron chi connectivity index (χ3n) is 5.12. The van der Waals surface area contributed by atoms with Crippen LogP contribution >= 0.6 is 0 Å². The van der Waals surface area contributed by atoms with Crippen molar-refractivity contribution in [3.05, 3.63) is 59.2 Å². The summed E-state index contributed by atoms with van der Waals surface area (Å²) in [5, 5.41) is 3.02. The number of hydrogen-bond donors (Lipinski definition) is 1. The molecule has 5 nitrogen and oxygen atoms in total. The molecular formula is C24H32N2O3. The SMILES string of the molecule is Cc1ccc(C)c(OCCCCC(=O)Nc2cccc(CN3CCOCC3)c2)c1. The van der Waals surface area contributed by atoms with E-state index in [4.69, 9.17) is 9.47 Å². The first-order valence-corrected chi connectivity index (χ1v) is 10.5. The highest BCUT2D eigenvalue weighted by Crippen LogP contribution is 2.19. The maximum absolute atomic E-state index is 12.3. The number of amides is 1. The molecule has 0 spiro atoms. The predicted molar refractivity (Wildman–Crippen MR) is 116 cm³/mol. The number of morpholine rings is 1. The molecule has 3 rings (SSSR count). The standard InChI is InChI=1S/C24H32N2O3/c1-19-9-10-20(2)23(16-19)29-13-4-3-8-24(27)25-22-7-5-6-21(17-22)18-26-11-14-28-15-12-26/h5-7,9-10,16-17H,3-4,8,11-15,18H2,1-2H3,(H,25,27). The number of aryl methyl sites for hydroxylation is 2. The molecule has 1 heterocycles. The first-order chi connectivity index (χ1) is 14.1. The summed E-state index contributed by atoms with van der Waals surface area (Å²) in [5.41, 5.74) is 4.42. The molecule has 0 bridgehead atoms. The van der Waals surface area contributed by atoms with Gasteiger partial charge in [0.25, 0.3) is 0 Å². The van der Waals surface area contributed by atoms with Gasteiger partial charge < -0.3 is 14.8 Å². The molecule has 0 aliphatic carbocycles. The van der Waals surface area contributed by atoms with Gasteiger partial charge in [0.15, 0.2) is 0 Å². The van der Waals surface area contributed by atoms with Crippen molar-refractivity contribution in [2.75, 3.05) is 38.2 Å². The van der Waals surface area contributed by atoms with Crippen molar-refractivity contribution in [2.45, 2.75) is 39.7 Å². The molecule has 0 atom stereocenters. The van der Waals surface area contributed by atoms with Crippen molar-refractivity contribution in [2.24, 2.45) is 0 Å². The third kappa shape index (κ3) is 7.18. The van der Waals surface area contributed by atoms with E-state index in [2.05, 4.69) is 54.4 Å². The van der Waals surface area contributed by atoms with E-state index in [0.717, 1.165) is 62.7 Å². The van der Waals surface area contributed by atoms with Crippen molar-refractivity contribution < 1.29 is 14.3 Å². The van der Waals surface area contributed by atoms with Crippen LogP contribution in [0.1, 0.15) is 36.0 Å². The minimum absolute atomic E-state index is 0.0558. The molecule has 0 aromatic heterocycles. The fourth-order valence-electron chi connectivity index (χ4n) is 3.42. The van der Waals surface area contributed by atoms with Crippen LogP contribution in [0.25, 0.3) is 0 Å². The maximum atomic E-state index is 12.3. The second-order valence-electron chi connectivity index (χ2n) is 7.71. The van der Waals surface area contributed by atoms with Gasteiger partial charge in [-0.05, 0) is 61.6 Å². The van der Waals surface area contributed by atoms with Gasteiger partial charge in [-0.2, -0.15) is 0 Å². The molecule has 29 heavy (non-hydrogen) atoms. The molecule has 1 amide bonds. The van der Waals surface area contributed by atoms with Crippen molar-refractivity contribution >= 4 is 11.6 Å². The summed E-state index contributed by atoms with van der Waals surface area (Å²) in [4.78, 5) is 14.6. The summed E-state index contributed by atoms with van der Waals surface area (Å²) in [5.74, 6) is 0.992. The number of carbonyl (C=O) groups excluding carboxylic acids is 1. The summed E-state index contributed by atoms with van der Waals surface area (Å²) in [6.45, 7) is 9.14. The topological polar surface area (TPSA) is 50.8 Å². The van der Waals surface area contributed by atoms with E-state index in [1.807, 2.05) is 12.1 Å². The van der Waals surface area contributed by atoms with Gasteiger partial charge in [-0.3, -0.25) is 9.69 Å². The van der Waals surface area contributed by atoms with E-state index in [1.165, 1.54) is 11.1 Å². The smallest absolute Gasteiger partial charge is 0.224 e. The number of unbranched alkanes of at least 4 members (excludes halogenated alkanes) is 1. The summed E-state index contributed by atoms with van der Waals surface area (Å²) >= 11 is 0. The molecule has 0 saturated carbocycles. The van der Waals surface area contributed by atoms with Crippen LogP contribution in [0, 0.1) is 13.8 Å². The molecule has 156 valence electrons. The lowest BCUT2D eigenvalue weighted by molar-refractivity contribution is -0.116. The molecule has 0 radical (unpaired) electrons. The first kappa shape index (κ1) is 21.3. The zero-order valence-electron chi connectivity index (χ0n) is 17.6. The number of anilines is 1. The van der Waals surface area contributed by atoms with Crippen LogP contribution < -0.4 is 10.1 Å². The number of nitrogens with zero attached hydrogens (tertiary/aromatic N) is 1. The van der Waals surface area contributed by atoms with Gasteiger partial charge in [-0.15, -0.1) is 0 Å². The summed E-state index contributed by atoms with van der Waals surface area (Å²) in [7, 11) is 0. The van der Waals surface area contributed by atoms with Gasteiger partial charge in [-0.1, -0.05) is 24.3 Å². The Morgan fingerprint density at radius 3 is 2.76 bits per heavy atom. The number of ether oxygens (including phenoxy) is 2. The van der Waals surface area contributed by atoms with Crippen LogP contribution in [0.3, 0.4) is 0 Å². The lowest BCUT2D eigenvalue weighted by Crippen LogP contribution is -2.35. The Bertz CT molecular complexity index is 800. The Kier molecular flexibility index (Phi) is 8.08. The van der Waals surface area contributed by atoms with Crippen LogP contribution in [-0.4, -0.2) is 43.7 Å². The Hall–Kier alpha value is -2.37. The van der Waals surface area contributed by atoms with E-state index >= 15 is 0 Å². The van der Waals surface area contributed by atoms with Crippen LogP contribution in [0.2, 0.25) is 0 Å². The highest BCUT2D eigenvalue weighted by molar-refractivity contribution is 5.90. The number of carbonyl (C=O) groups is 1. The lowest BCUT2D eigenvalue weighted by atomic mass is 10.1. The Morgan fingerprint density at radius 2 is 1.93 bits per heavy atom. The van der Waals surface area contributed by atoms with Crippen LogP contribution in [0.4, 0.5) is 5.69 Å². The normalized spacial score (nSPS) is 14.6. The third-order valence-corrected chi connectivity index (χ3v) is 5.12. The van der Waals surface area contributed by atoms with E-state index in [1.54, 1.807) is 0 Å². The lowest BCUT2D eigenvalue weighted by Gasteiger charge is -2.26. The fourth-order valence-corrected chi connectivity index (χ4v) is 3.42. The molecule has 0 unspecified atom stereocenters. The second kappa shape index (κ2) is 11.0. The molecule has 1 fully saturated rings. The van der Waals surface area contributed by atoms with E-state index in [9.17, 15) is 4.79 Å². The van der Waals surface area contributed by atoms with Crippen molar-refractivity contribution in [3.63, 3.8) is 0 Å².